The number of aromatic nitrogens is 1. The number of hydrogen-bond acceptors (Lipinski definition) is 5. The summed E-state index contributed by atoms with van der Waals surface area (Å²) in [6, 6.07) is 8.58. The molecule has 0 aliphatic rings. The Bertz CT molecular complexity index is 802. The SMILES string of the molecule is CCNC(=O)c1cccc(-n2cc(C#N)c(N)c2C(=O)OC)c1. The van der Waals surface area contributed by atoms with Crippen LogP contribution in [0.3, 0.4) is 0 Å². The van der Waals surface area contributed by atoms with Gasteiger partial charge in [-0.1, -0.05) is 6.07 Å². The number of hydrogen-bond donors (Lipinski definition) is 2. The number of nitrogens with zero attached hydrogens (tertiary/aromatic N) is 2. The van der Waals surface area contributed by atoms with E-state index in [4.69, 9.17) is 15.7 Å². The first-order valence-electron chi connectivity index (χ1n) is 6.91. The van der Waals surface area contributed by atoms with Gasteiger partial charge in [0.05, 0.1) is 18.4 Å². The summed E-state index contributed by atoms with van der Waals surface area (Å²) in [5.41, 5.74) is 7.07. The lowest BCUT2D eigenvalue weighted by molar-refractivity contribution is 0.0593. The van der Waals surface area contributed by atoms with Gasteiger partial charge in [-0.25, -0.2) is 4.79 Å². The zero-order valence-electron chi connectivity index (χ0n) is 12.8. The molecule has 7 nitrogen and oxygen atoms in total. The molecule has 2 rings (SSSR count). The number of nitrogens with one attached hydrogen (secondary N) is 1. The van der Waals surface area contributed by atoms with Crippen LogP contribution >= 0.6 is 0 Å². The Morgan fingerprint density at radius 1 is 1.43 bits per heavy atom. The average molecular weight is 312 g/mol. The zero-order valence-corrected chi connectivity index (χ0v) is 12.8. The van der Waals surface area contributed by atoms with E-state index in [1.165, 1.54) is 17.9 Å². The summed E-state index contributed by atoms with van der Waals surface area (Å²) >= 11 is 0. The second-order valence-corrected chi connectivity index (χ2v) is 4.69. The average Bonchev–Trinajstić information content (AvgIpc) is 2.91. The Balaban J connectivity index is 2.59. The Kier molecular flexibility index (Phi) is 4.66. The van der Waals surface area contributed by atoms with Crippen molar-refractivity contribution in [2.24, 2.45) is 0 Å². The topological polar surface area (TPSA) is 110 Å². The van der Waals surface area contributed by atoms with Gasteiger partial charge < -0.3 is 20.4 Å². The Hall–Kier alpha value is -3.27. The Morgan fingerprint density at radius 2 is 2.17 bits per heavy atom. The van der Waals surface area contributed by atoms with Crippen LogP contribution in [0.1, 0.15) is 33.3 Å². The van der Waals surface area contributed by atoms with Gasteiger partial charge in [0, 0.05) is 24.0 Å². The van der Waals surface area contributed by atoms with Crippen LogP contribution in [0.4, 0.5) is 5.69 Å². The number of methoxy groups -OCH3 is 1. The normalized spacial score (nSPS) is 9.96. The van der Waals surface area contributed by atoms with Crippen LogP contribution in [-0.2, 0) is 4.74 Å². The van der Waals surface area contributed by atoms with Crippen molar-refractivity contribution in [1.29, 1.82) is 5.26 Å². The fraction of sp³-hybridized carbons (Fsp3) is 0.188. The molecule has 0 saturated carbocycles. The van der Waals surface area contributed by atoms with Gasteiger partial charge in [0.25, 0.3) is 5.91 Å². The van der Waals surface area contributed by atoms with Crippen LogP contribution in [0, 0.1) is 11.3 Å². The molecule has 0 bridgehead atoms. The van der Waals surface area contributed by atoms with Crippen molar-refractivity contribution >= 4 is 17.6 Å². The van der Waals surface area contributed by atoms with Crippen LogP contribution in [0.25, 0.3) is 5.69 Å². The van der Waals surface area contributed by atoms with E-state index in [2.05, 4.69) is 5.32 Å². The number of nitrogen functional groups attached to an aromatic ring is 1. The Morgan fingerprint density at radius 3 is 2.78 bits per heavy atom. The van der Waals surface area contributed by atoms with Crippen molar-refractivity contribution in [3.05, 3.63) is 47.3 Å². The third-order valence-corrected chi connectivity index (χ3v) is 3.27. The second kappa shape index (κ2) is 6.66. The fourth-order valence-corrected chi connectivity index (χ4v) is 2.18. The molecular weight excluding hydrogens is 296 g/mol. The first-order chi connectivity index (χ1) is 11.0. The summed E-state index contributed by atoms with van der Waals surface area (Å²) in [6.07, 6.45) is 1.44. The lowest BCUT2D eigenvalue weighted by Crippen LogP contribution is -2.22. The molecule has 118 valence electrons. The van der Waals surface area contributed by atoms with Gasteiger partial charge in [0.1, 0.15) is 6.07 Å². The van der Waals surface area contributed by atoms with Gasteiger partial charge in [-0.15, -0.1) is 0 Å². The molecule has 3 N–H and O–H groups in total. The van der Waals surface area contributed by atoms with Crippen molar-refractivity contribution in [3.8, 4) is 11.8 Å². The number of benzene rings is 1. The van der Waals surface area contributed by atoms with E-state index in [1.807, 2.05) is 13.0 Å². The van der Waals surface area contributed by atoms with E-state index >= 15 is 0 Å². The molecule has 0 unspecified atom stereocenters. The first kappa shape index (κ1) is 16.1. The molecule has 1 heterocycles. The standard InChI is InChI=1S/C16H16N4O3/c1-3-19-15(21)10-5-4-6-12(7-10)20-9-11(8-17)13(18)14(20)16(22)23-2/h4-7,9H,3,18H2,1-2H3,(H,19,21). The smallest absolute Gasteiger partial charge is 0.357 e. The Labute approximate surface area is 133 Å². The number of nitrogens with two attached hydrogens (primary N) is 1. The van der Waals surface area contributed by atoms with Gasteiger partial charge in [-0.05, 0) is 25.1 Å². The summed E-state index contributed by atoms with van der Waals surface area (Å²) in [5.74, 6) is -0.887. The summed E-state index contributed by atoms with van der Waals surface area (Å²) in [6.45, 7) is 2.33. The highest BCUT2D eigenvalue weighted by Gasteiger charge is 2.22. The molecule has 7 heteroatoms. The van der Waals surface area contributed by atoms with E-state index in [9.17, 15) is 9.59 Å². The van der Waals surface area contributed by atoms with Crippen LogP contribution < -0.4 is 11.1 Å². The predicted molar refractivity (Wildman–Crippen MR) is 84.2 cm³/mol. The van der Waals surface area contributed by atoms with Crippen LogP contribution in [-0.4, -0.2) is 30.1 Å². The van der Waals surface area contributed by atoms with Crippen molar-refractivity contribution in [3.63, 3.8) is 0 Å². The monoisotopic (exact) mass is 312 g/mol. The third-order valence-electron chi connectivity index (χ3n) is 3.27. The lowest BCUT2D eigenvalue weighted by atomic mass is 10.2. The number of carbonyl (C=O) groups is 2. The van der Waals surface area contributed by atoms with Crippen LogP contribution in [0.5, 0.6) is 0 Å². The number of esters is 1. The van der Waals surface area contributed by atoms with Crippen molar-refractivity contribution in [1.82, 2.24) is 9.88 Å². The minimum absolute atomic E-state index is 0.0442. The van der Waals surface area contributed by atoms with Crippen molar-refractivity contribution in [2.75, 3.05) is 19.4 Å². The number of nitriles is 1. The number of rotatable bonds is 4. The lowest BCUT2D eigenvalue weighted by Gasteiger charge is -2.10. The molecule has 1 aromatic carbocycles. The van der Waals surface area contributed by atoms with Gasteiger partial charge in [-0.3, -0.25) is 4.79 Å². The summed E-state index contributed by atoms with van der Waals surface area (Å²) in [5, 5.41) is 11.8. The quantitative estimate of drug-likeness (QED) is 0.831. The minimum Gasteiger partial charge on any atom is -0.464 e. The van der Waals surface area contributed by atoms with Gasteiger partial charge >= 0.3 is 5.97 Å². The van der Waals surface area contributed by atoms with E-state index in [0.717, 1.165) is 0 Å². The van der Waals surface area contributed by atoms with Gasteiger partial charge in [-0.2, -0.15) is 5.26 Å². The highest BCUT2D eigenvalue weighted by Crippen LogP contribution is 2.25. The van der Waals surface area contributed by atoms with E-state index in [-0.39, 0.29) is 22.9 Å². The summed E-state index contributed by atoms with van der Waals surface area (Å²) in [7, 11) is 1.23. The summed E-state index contributed by atoms with van der Waals surface area (Å²) < 4.78 is 6.17. The first-order valence-corrected chi connectivity index (χ1v) is 6.91. The van der Waals surface area contributed by atoms with Crippen molar-refractivity contribution in [2.45, 2.75) is 6.92 Å². The van der Waals surface area contributed by atoms with Crippen LogP contribution in [0.2, 0.25) is 0 Å². The van der Waals surface area contributed by atoms with E-state index in [1.54, 1.807) is 24.3 Å². The molecule has 2 aromatic rings. The molecule has 0 atom stereocenters. The molecular formula is C16H16N4O3. The van der Waals surface area contributed by atoms with E-state index < -0.39 is 5.97 Å². The zero-order chi connectivity index (χ0) is 17.0. The van der Waals surface area contributed by atoms with Gasteiger partial charge in [0.15, 0.2) is 5.69 Å². The largest absolute Gasteiger partial charge is 0.464 e. The van der Waals surface area contributed by atoms with Crippen LogP contribution in [0.15, 0.2) is 30.5 Å². The maximum Gasteiger partial charge on any atom is 0.357 e. The highest BCUT2D eigenvalue weighted by molar-refractivity contribution is 5.97. The maximum atomic E-state index is 12.0. The maximum absolute atomic E-state index is 12.0. The minimum atomic E-state index is -0.660. The number of amides is 1. The molecule has 0 aliphatic carbocycles. The fourth-order valence-electron chi connectivity index (χ4n) is 2.18. The molecule has 0 aliphatic heterocycles. The number of carbonyl (C=O) groups excluding carboxylic acids is 2. The second-order valence-electron chi connectivity index (χ2n) is 4.69. The predicted octanol–water partition coefficient (Wildman–Crippen LogP) is 1.47. The molecule has 0 radical (unpaired) electrons. The molecule has 23 heavy (non-hydrogen) atoms. The molecule has 0 saturated heterocycles. The third kappa shape index (κ3) is 3.01. The summed E-state index contributed by atoms with van der Waals surface area (Å²) in [4.78, 5) is 23.9. The highest BCUT2D eigenvalue weighted by atomic mass is 16.5. The molecule has 1 aromatic heterocycles. The van der Waals surface area contributed by atoms with E-state index in [0.29, 0.717) is 17.8 Å². The molecule has 0 spiro atoms. The number of ether oxygens (including phenoxy) is 1. The van der Waals surface area contributed by atoms with Crippen molar-refractivity contribution < 1.29 is 14.3 Å². The number of anilines is 1. The molecule has 1 amide bonds. The molecule has 0 fully saturated rings. The van der Waals surface area contributed by atoms with Gasteiger partial charge in [0.2, 0.25) is 0 Å².